The Bertz CT molecular complexity index is 1290. The van der Waals surface area contributed by atoms with Crippen molar-refractivity contribution < 1.29 is 39.5 Å². The van der Waals surface area contributed by atoms with E-state index >= 15 is 0 Å². The lowest BCUT2D eigenvalue weighted by atomic mass is 10.0. The number of hydrogen-bond donors (Lipinski definition) is 4. The molecule has 0 atom stereocenters. The number of ketones is 2. The number of carbonyl (C=O) groups is 2. The standard InChI is InChI=1S/2C14H12O4/c2*1-18-9-6-7-11(13(16)8-9)14(17)10-4-2-3-5-12(10)15/h2*2-8,15-16H,1H3. The van der Waals surface area contributed by atoms with Crippen molar-refractivity contribution in [3.63, 3.8) is 0 Å². The third-order valence-electron chi connectivity index (χ3n) is 5.20. The van der Waals surface area contributed by atoms with Crippen molar-refractivity contribution >= 4 is 11.6 Å². The molecule has 184 valence electrons. The van der Waals surface area contributed by atoms with Crippen LogP contribution in [0.2, 0.25) is 0 Å². The van der Waals surface area contributed by atoms with Gasteiger partial charge >= 0.3 is 0 Å². The summed E-state index contributed by atoms with van der Waals surface area (Å²) in [6.45, 7) is 0. The zero-order chi connectivity index (χ0) is 26.2. The molecule has 4 aromatic carbocycles. The number of rotatable bonds is 6. The molecule has 0 aliphatic carbocycles. The van der Waals surface area contributed by atoms with Crippen LogP contribution in [0.5, 0.6) is 34.5 Å². The summed E-state index contributed by atoms with van der Waals surface area (Å²) in [5.41, 5.74) is 0.547. The highest BCUT2D eigenvalue weighted by molar-refractivity contribution is 6.12. The van der Waals surface area contributed by atoms with Crippen molar-refractivity contribution in [2.45, 2.75) is 0 Å². The summed E-state index contributed by atoms with van der Waals surface area (Å²) in [4.78, 5) is 24.3. The Hall–Kier alpha value is -4.98. The van der Waals surface area contributed by atoms with Gasteiger partial charge in [0.05, 0.1) is 36.5 Å². The number of methoxy groups -OCH3 is 2. The van der Waals surface area contributed by atoms with Crippen molar-refractivity contribution in [3.8, 4) is 34.5 Å². The minimum Gasteiger partial charge on any atom is -0.507 e. The van der Waals surface area contributed by atoms with E-state index in [0.29, 0.717) is 11.5 Å². The molecule has 4 aromatic rings. The van der Waals surface area contributed by atoms with Crippen LogP contribution >= 0.6 is 0 Å². The molecule has 0 saturated carbocycles. The second-order valence-corrected chi connectivity index (χ2v) is 7.46. The molecule has 0 saturated heterocycles. The summed E-state index contributed by atoms with van der Waals surface area (Å²) >= 11 is 0. The monoisotopic (exact) mass is 488 g/mol. The van der Waals surface area contributed by atoms with E-state index in [0.717, 1.165) is 0 Å². The first-order valence-corrected chi connectivity index (χ1v) is 10.7. The Morgan fingerprint density at radius 3 is 1.14 bits per heavy atom. The van der Waals surface area contributed by atoms with Gasteiger partial charge in [-0.25, -0.2) is 0 Å². The SMILES string of the molecule is COc1ccc(C(=O)c2ccccc2O)c(O)c1.COc1ccc(C(=O)c2ccccc2O)c(O)c1. The zero-order valence-electron chi connectivity index (χ0n) is 19.5. The third-order valence-corrected chi connectivity index (χ3v) is 5.20. The molecule has 0 bridgehead atoms. The molecule has 4 rings (SSSR count). The van der Waals surface area contributed by atoms with Gasteiger partial charge in [-0.2, -0.15) is 0 Å². The highest BCUT2D eigenvalue weighted by Crippen LogP contribution is 2.29. The number of para-hydroxylation sites is 2. The molecule has 4 N–H and O–H groups in total. The summed E-state index contributed by atoms with van der Waals surface area (Å²) in [6.07, 6.45) is 0. The lowest BCUT2D eigenvalue weighted by molar-refractivity contribution is 0.102. The maximum absolute atomic E-state index is 12.1. The maximum atomic E-state index is 12.1. The van der Waals surface area contributed by atoms with Gasteiger partial charge in [0, 0.05) is 12.1 Å². The van der Waals surface area contributed by atoms with Crippen molar-refractivity contribution in [3.05, 3.63) is 107 Å². The van der Waals surface area contributed by atoms with Gasteiger partial charge in [-0.1, -0.05) is 24.3 Å². The van der Waals surface area contributed by atoms with E-state index in [1.54, 1.807) is 36.4 Å². The van der Waals surface area contributed by atoms with E-state index in [2.05, 4.69) is 0 Å². The molecule has 8 nitrogen and oxygen atoms in total. The summed E-state index contributed by atoms with van der Waals surface area (Å²) in [5, 5.41) is 38.7. The fourth-order valence-corrected chi connectivity index (χ4v) is 3.28. The van der Waals surface area contributed by atoms with Gasteiger partial charge in [0.15, 0.2) is 11.6 Å². The van der Waals surface area contributed by atoms with E-state index in [-0.39, 0.29) is 45.3 Å². The van der Waals surface area contributed by atoms with Crippen LogP contribution in [0.3, 0.4) is 0 Å². The molecule has 0 fully saturated rings. The molecule has 0 heterocycles. The van der Waals surface area contributed by atoms with E-state index < -0.39 is 11.6 Å². The first kappa shape index (κ1) is 25.6. The van der Waals surface area contributed by atoms with Crippen molar-refractivity contribution in [2.24, 2.45) is 0 Å². The smallest absolute Gasteiger partial charge is 0.200 e. The Morgan fingerprint density at radius 1 is 0.500 bits per heavy atom. The average Bonchev–Trinajstić information content (AvgIpc) is 2.88. The van der Waals surface area contributed by atoms with Gasteiger partial charge < -0.3 is 29.9 Å². The quantitative estimate of drug-likeness (QED) is 0.288. The third kappa shape index (κ3) is 5.74. The molecular formula is C28H24O8. The second kappa shape index (κ2) is 11.4. The highest BCUT2D eigenvalue weighted by Gasteiger charge is 2.18. The van der Waals surface area contributed by atoms with E-state index in [4.69, 9.17) is 9.47 Å². The Morgan fingerprint density at radius 2 is 0.833 bits per heavy atom. The van der Waals surface area contributed by atoms with Crippen LogP contribution in [0.15, 0.2) is 84.9 Å². The van der Waals surface area contributed by atoms with Crippen LogP contribution in [0.4, 0.5) is 0 Å². The van der Waals surface area contributed by atoms with Crippen molar-refractivity contribution in [2.75, 3.05) is 14.2 Å². The average molecular weight is 488 g/mol. The molecule has 0 aliphatic rings. The number of hydrogen-bond acceptors (Lipinski definition) is 8. The minimum absolute atomic E-state index is 0.113. The van der Waals surface area contributed by atoms with Crippen molar-refractivity contribution in [1.82, 2.24) is 0 Å². The van der Waals surface area contributed by atoms with Gasteiger partial charge in [-0.05, 0) is 48.5 Å². The molecule has 0 radical (unpaired) electrons. The molecule has 36 heavy (non-hydrogen) atoms. The van der Waals surface area contributed by atoms with Crippen LogP contribution in [0.25, 0.3) is 0 Å². The fourth-order valence-electron chi connectivity index (χ4n) is 3.28. The maximum Gasteiger partial charge on any atom is 0.200 e. The van der Waals surface area contributed by atoms with Crippen molar-refractivity contribution in [1.29, 1.82) is 0 Å². The minimum atomic E-state index is -0.437. The highest BCUT2D eigenvalue weighted by atomic mass is 16.5. The first-order chi connectivity index (χ1) is 17.3. The molecule has 0 aromatic heterocycles. The molecule has 8 heteroatoms. The van der Waals surface area contributed by atoms with Gasteiger partial charge in [-0.15, -0.1) is 0 Å². The molecule has 0 spiro atoms. The molecule has 0 amide bonds. The number of phenolic OH excluding ortho intramolecular Hbond substituents is 4. The van der Waals surface area contributed by atoms with Crippen LogP contribution in [-0.2, 0) is 0 Å². The second-order valence-electron chi connectivity index (χ2n) is 7.46. The predicted molar refractivity (Wildman–Crippen MR) is 132 cm³/mol. The molecular weight excluding hydrogens is 464 g/mol. The van der Waals surface area contributed by atoms with Crippen LogP contribution in [0.1, 0.15) is 31.8 Å². The van der Waals surface area contributed by atoms with Crippen LogP contribution < -0.4 is 9.47 Å². The number of carbonyl (C=O) groups excluding carboxylic acids is 2. The Balaban J connectivity index is 0.000000201. The number of phenols is 4. The topological polar surface area (TPSA) is 134 Å². The van der Waals surface area contributed by atoms with Gasteiger partial charge in [0.25, 0.3) is 0 Å². The summed E-state index contributed by atoms with van der Waals surface area (Å²) < 4.78 is 9.88. The van der Waals surface area contributed by atoms with Gasteiger partial charge in [-0.3, -0.25) is 9.59 Å². The van der Waals surface area contributed by atoms with E-state index in [9.17, 15) is 30.0 Å². The lowest BCUT2D eigenvalue weighted by Gasteiger charge is -2.07. The van der Waals surface area contributed by atoms with E-state index in [1.165, 1.54) is 62.8 Å². The number of ether oxygens (including phenoxy) is 2. The van der Waals surface area contributed by atoms with Crippen LogP contribution in [-0.4, -0.2) is 46.2 Å². The largest absolute Gasteiger partial charge is 0.507 e. The molecule has 0 unspecified atom stereocenters. The normalized spacial score (nSPS) is 10.1. The fraction of sp³-hybridized carbons (Fsp3) is 0.0714. The summed E-state index contributed by atoms with van der Waals surface area (Å²) in [7, 11) is 2.94. The Labute approximate surface area is 207 Å². The number of aromatic hydroxyl groups is 4. The zero-order valence-corrected chi connectivity index (χ0v) is 19.5. The summed E-state index contributed by atoms with van der Waals surface area (Å²) in [6, 6.07) is 21.2. The predicted octanol–water partition coefficient (Wildman–Crippen LogP) is 4.67. The summed E-state index contributed by atoms with van der Waals surface area (Å²) in [5.74, 6) is -0.537. The number of benzene rings is 4. The van der Waals surface area contributed by atoms with E-state index in [1.807, 2.05) is 0 Å². The Kier molecular flexibility index (Phi) is 8.14. The van der Waals surface area contributed by atoms with Crippen LogP contribution in [0, 0.1) is 0 Å². The van der Waals surface area contributed by atoms with Gasteiger partial charge in [0.1, 0.15) is 34.5 Å². The lowest BCUT2D eigenvalue weighted by Crippen LogP contribution is -2.02. The first-order valence-electron chi connectivity index (χ1n) is 10.7. The molecule has 0 aliphatic heterocycles. The van der Waals surface area contributed by atoms with Gasteiger partial charge in [0.2, 0.25) is 0 Å².